The minimum Gasteiger partial charge on any atom is -0.393 e. The molecule has 24 heavy (non-hydrogen) atoms. The van der Waals surface area contributed by atoms with Crippen molar-refractivity contribution in [1.82, 2.24) is 10.6 Å². The monoisotopic (exact) mass is 406 g/mol. The van der Waals surface area contributed by atoms with Gasteiger partial charge in [0.1, 0.15) is 5.25 Å². The first-order chi connectivity index (χ1) is 11.5. The molecule has 0 aromatic heterocycles. The summed E-state index contributed by atoms with van der Waals surface area (Å²) >= 11 is 4.49. The van der Waals surface area contributed by atoms with Crippen molar-refractivity contribution in [2.75, 3.05) is 0 Å². The first-order valence-corrected chi connectivity index (χ1v) is 9.10. The molecule has 3 amide bonds. The van der Waals surface area contributed by atoms with Crippen molar-refractivity contribution in [3.8, 4) is 6.07 Å². The molecule has 4 N–H and O–H groups in total. The van der Waals surface area contributed by atoms with Gasteiger partial charge in [0.15, 0.2) is 0 Å². The molecule has 0 saturated heterocycles. The Morgan fingerprint density at radius 1 is 1.29 bits per heavy atom. The lowest BCUT2D eigenvalue weighted by atomic mass is 9.89. The van der Waals surface area contributed by atoms with Crippen molar-refractivity contribution in [3.63, 3.8) is 0 Å². The number of halogens is 1. The second-order valence-corrected chi connectivity index (χ2v) is 7.79. The van der Waals surface area contributed by atoms with Gasteiger partial charge in [-0.3, -0.25) is 10.1 Å². The third-order valence-electron chi connectivity index (χ3n) is 3.89. The van der Waals surface area contributed by atoms with Crippen LogP contribution < -0.4 is 16.4 Å². The smallest absolute Gasteiger partial charge is 0.321 e. The van der Waals surface area contributed by atoms with E-state index in [9.17, 15) is 14.9 Å². The number of nitrogens with one attached hydrogen (secondary N) is 2. The van der Waals surface area contributed by atoms with Gasteiger partial charge in [-0.05, 0) is 30.5 Å². The lowest BCUT2D eigenvalue weighted by Crippen LogP contribution is -2.45. The molecule has 1 fully saturated rings. The molecule has 6 nitrogen and oxygen atoms in total. The van der Waals surface area contributed by atoms with Gasteiger partial charge in [0.25, 0.3) is 0 Å². The maximum absolute atomic E-state index is 12.5. The van der Waals surface area contributed by atoms with Crippen LogP contribution in [0.1, 0.15) is 24.3 Å². The highest BCUT2D eigenvalue weighted by atomic mass is 79.9. The molecular weight excluding hydrogens is 392 g/mol. The van der Waals surface area contributed by atoms with Crippen molar-refractivity contribution in [3.05, 3.63) is 44.9 Å². The van der Waals surface area contributed by atoms with Crippen molar-refractivity contribution in [2.24, 2.45) is 5.73 Å². The van der Waals surface area contributed by atoms with Crippen molar-refractivity contribution < 1.29 is 9.59 Å². The highest BCUT2D eigenvalue weighted by Gasteiger charge is 2.41. The zero-order chi connectivity index (χ0) is 17.3. The Hall–Kier alpha value is -1.98. The Morgan fingerprint density at radius 3 is 2.54 bits per heavy atom. The normalized spacial score (nSPS) is 22.8. The molecule has 1 aromatic carbocycles. The van der Waals surface area contributed by atoms with Crippen LogP contribution in [-0.2, 0) is 4.79 Å². The lowest BCUT2D eigenvalue weighted by Gasteiger charge is -2.19. The van der Waals surface area contributed by atoms with Crippen LogP contribution in [0.25, 0.3) is 0 Å². The van der Waals surface area contributed by atoms with E-state index in [2.05, 4.69) is 32.6 Å². The van der Waals surface area contributed by atoms with E-state index in [1.165, 1.54) is 0 Å². The summed E-state index contributed by atoms with van der Waals surface area (Å²) < 4.78 is 0.900. The molecule has 1 aliphatic carbocycles. The molecule has 3 rings (SSSR count). The number of hydrogen-bond acceptors (Lipinski definition) is 5. The molecule has 0 radical (unpaired) electrons. The highest BCUT2D eigenvalue weighted by molar-refractivity contribution is 9.10. The van der Waals surface area contributed by atoms with Crippen LogP contribution in [0.5, 0.6) is 0 Å². The average Bonchev–Trinajstić information content (AvgIpc) is 3.28. The van der Waals surface area contributed by atoms with E-state index >= 15 is 0 Å². The average molecular weight is 407 g/mol. The number of carbonyl (C=O) groups is 2. The van der Waals surface area contributed by atoms with Crippen molar-refractivity contribution in [2.45, 2.75) is 30.1 Å². The molecule has 2 atom stereocenters. The van der Waals surface area contributed by atoms with Gasteiger partial charge >= 0.3 is 6.03 Å². The van der Waals surface area contributed by atoms with Gasteiger partial charge in [-0.25, -0.2) is 4.79 Å². The number of carbonyl (C=O) groups excluding carboxylic acids is 2. The summed E-state index contributed by atoms with van der Waals surface area (Å²) in [5.41, 5.74) is 7.10. The minimum atomic E-state index is -0.647. The predicted molar refractivity (Wildman–Crippen MR) is 94.8 cm³/mol. The van der Waals surface area contributed by atoms with E-state index in [1.807, 2.05) is 24.3 Å². The molecule has 8 heteroatoms. The third kappa shape index (κ3) is 3.57. The van der Waals surface area contributed by atoms with Gasteiger partial charge in [-0.2, -0.15) is 5.26 Å². The topological polar surface area (TPSA) is 108 Å². The van der Waals surface area contributed by atoms with Crippen molar-refractivity contribution >= 4 is 39.6 Å². The summed E-state index contributed by atoms with van der Waals surface area (Å²) in [5.74, 6) is -0.916. The number of nitrogens with two attached hydrogens (primary N) is 1. The van der Waals surface area contributed by atoms with Crippen LogP contribution >= 0.6 is 27.7 Å². The van der Waals surface area contributed by atoms with Crippen molar-refractivity contribution in [1.29, 1.82) is 5.26 Å². The van der Waals surface area contributed by atoms with E-state index in [-0.39, 0.29) is 6.04 Å². The van der Waals surface area contributed by atoms with Crippen LogP contribution in [0.4, 0.5) is 4.79 Å². The van der Waals surface area contributed by atoms with Gasteiger partial charge in [0.05, 0.1) is 16.7 Å². The molecule has 2 unspecified atom stereocenters. The van der Waals surface area contributed by atoms with Gasteiger partial charge in [0, 0.05) is 16.4 Å². The summed E-state index contributed by atoms with van der Waals surface area (Å²) in [7, 11) is 0. The van der Waals surface area contributed by atoms with Gasteiger partial charge in [0.2, 0.25) is 5.91 Å². The van der Waals surface area contributed by atoms with Crippen LogP contribution in [0.3, 0.4) is 0 Å². The number of hydrogen-bond donors (Lipinski definition) is 3. The standard InChI is InChI=1S/C16H15BrN4O2S/c17-9-3-1-8(2-4-9)12-11(7-18)14(19)24-13(12)15(22)21-16(23)20-10-5-6-10/h1-4,10,12-13H,5-6,19H2,(H2,20,21,22,23). The SMILES string of the molecule is N#CC1=C(N)SC(C(=O)NC(=O)NC2CC2)C1c1ccc(Br)cc1. The van der Waals surface area contributed by atoms with Gasteiger partial charge in [-0.15, -0.1) is 0 Å². The molecule has 124 valence electrons. The summed E-state index contributed by atoms with van der Waals surface area (Å²) in [4.78, 5) is 24.3. The molecule has 1 saturated carbocycles. The summed E-state index contributed by atoms with van der Waals surface area (Å²) in [6.07, 6.45) is 1.88. The Kier molecular flexibility index (Phi) is 4.83. The fourth-order valence-electron chi connectivity index (χ4n) is 2.55. The predicted octanol–water partition coefficient (Wildman–Crippen LogP) is 2.33. The van der Waals surface area contributed by atoms with Crippen LogP contribution in [0, 0.1) is 11.3 Å². The number of nitrogens with zero attached hydrogens (tertiary/aromatic N) is 1. The second kappa shape index (κ2) is 6.87. The molecule has 1 aliphatic heterocycles. The Bertz CT molecular complexity index is 752. The number of urea groups is 1. The molecule has 1 aromatic rings. The molecule has 2 aliphatic rings. The fraction of sp³-hybridized carbons (Fsp3) is 0.312. The number of rotatable bonds is 3. The quantitative estimate of drug-likeness (QED) is 0.713. The number of thioether (sulfide) groups is 1. The summed E-state index contributed by atoms with van der Waals surface area (Å²) in [6, 6.07) is 9.14. The molecule has 0 bridgehead atoms. The van der Waals surface area contributed by atoms with Gasteiger partial charge in [-0.1, -0.05) is 39.8 Å². The van der Waals surface area contributed by atoms with Crippen LogP contribution in [-0.4, -0.2) is 23.2 Å². The number of imide groups is 1. The zero-order valence-corrected chi connectivity index (χ0v) is 15.0. The lowest BCUT2D eigenvalue weighted by molar-refractivity contribution is -0.119. The summed E-state index contributed by atoms with van der Waals surface area (Å²) in [6.45, 7) is 0. The Balaban J connectivity index is 1.80. The first kappa shape index (κ1) is 16.9. The third-order valence-corrected chi connectivity index (χ3v) is 5.63. The maximum Gasteiger partial charge on any atom is 0.321 e. The summed E-state index contributed by atoms with van der Waals surface area (Å²) in [5, 5.41) is 14.2. The number of allylic oxidation sites excluding steroid dienone is 1. The molecule has 1 heterocycles. The molecular formula is C16H15BrN4O2S. The Labute approximate surface area is 152 Å². The highest BCUT2D eigenvalue weighted by Crippen LogP contribution is 2.45. The zero-order valence-electron chi connectivity index (χ0n) is 12.6. The van der Waals surface area contributed by atoms with Crippen LogP contribution in [0.2, 0.25) is 0 Å². The van der Waals surface area contributed by atoms with E-state index in [0.717, 1.165) is 34.6 Å². The largest absolute Gasteiger partial charge is 0.393 e. The maximum atomic E-state index is 12.5. The van der Waals surface area contributed by atoms with Crippen LogP contribution in [0.15, 0.2) is 39.3 Å². The second-order valence-electron chi connectivity index (χ2n) is 5.69. The van der Waals surface area contributed by atoms with Gasteiger partial charge < -0.3 is 11.1 Å². The van der Waals surface area contributed by atoms with E-state index < -0.39 is 23.1 Å². The molecule has 0 spiro atoms. The Morgan fingerprint density at radius 2 is 1.96 bits per heavy atom. The fourth-order valence-corrected chi connectivity index (χ4v) is 3.98. The number of nitriles is 1. The van der Waals surface area contributed by atoms with E-state index in [0.29, 0.717) is 10.6 Å². The number of amides is 3. The van der Waals surface area contributed by atoms with E-state index in [4.69, 9.17) is 5.73 Å². The van der Waals surface area contributed by atoms with E-state index in [1.54, 1.807) is 0 Å². The number of benzene rings is 1. The first-order valence-electron chi connectivity index (χ1n) is 7.43. The minimum absolute atomic E-state index is 0.161.